The van der Waals surface area contributed by atoms with Crippen molar-refractivity contribution in [1.29, 1.82) is 0 Å². The van der Waals surface area contributed by atoms with Crippen LogP contribution in [0.5, 0.6) is 5.75 Å². The van der Waals surface area contributed by atoms with E-state index in [1.807, 2.05) is 24.3 Å². The van der Waals surface area contributed by atoms with Crippen molar-refractivity contribution >= 4 is 18.3 Å². The van der Waals surface area contributed by atoms with Gasteiger partial charge in [0.25, 0.3) is 0 Å². The lowest BCUT2D eigenvalue weighted by Crippen LogP contribution is -2.45. The van der Waals surface area contributed by atoms with E-state index in [1.165, 1.54) is 7.11 Å². The molecule has 1 unspecified atom stereocenters. The van der Waals surface area contributed by atoms with Crippen LogP contribution in [0.1, 0.15) is 5.56 Å². The van der Waals surface area contributed by atoms with Crippen molar-refractivity contribution in [2.45, 2.75) is 12.5 Å². The molecule has 1 aromatic carbocycles. The Kier molecular flexibility index (Phi) is 8.96. The van der Waals surface area contributed by atoms with Crippen molar-refractivity contribution in [1.82, 2.24) is 4.90 Å². The average Bonchev–Trinajstić information content (AvgIpc) is 2.44. The number of rotatable bonds is 7. The summed E-state index contributed by atoms with van der Waals surface area (Å²) >= 11 is 0. The first kappa shape index (κ1) is 18.7. The lowest BCUT2D eigenvalue weighted by atomic mass is 10.1. The Hall–Kier alpha value is -1.30. The Morgan fingerprint density at radius 1 is 1.35 bits per heavy atom. The van der Waals surface area contributed by atoms with Crippen molar-refractivity contribution < 1.29 is 14.3 Å². The summed E-state index contributed by atoms with van der Waals surface area (Å²) in [6, 6.07) is 7.18. The number of hydrogen-bond donors (Lipinski definition) is 1. The number of para-hydroxylation sites is 1. The number of benzene rings is 1. The Labute approximate surface area is 126 Å². The number of likely N-dealkylation sites (N-methyl/N-ethyl adjacent to an activating group) is 1. The minimum absolute atomic E-state index is 0. The molecule has 5 nitrogen and oxygen atoms in total. The first-order valence-electron chi connectivity index (χ1n) is 6.21. The molecule has 0 aliphatic heterocycles. The molecular weight excluding hydrogens is 280 g/mol. The van der Waals surface area contributed by atoms with Crippen LogP contribution in [0.15, 0.2) is 24.3 Å². The number of nitrogens with zero attached hydrogens (tertiary/aromatic N) is 1. The van der Waals surface area contributed by atoms with E-state index in [0.29, 0.717) is 6.54 Å². The highest BCUT2D eigenvalue weighted by atomic mass is 35.5. The molecule has 2 N–H and O–H groups in total. The highest BCUT2D eigenvalue weighted by molar-refractivity contribution is 5.85. The summed E-state index contributed by atoms with van der Waals surface area (Å²) in [7, 11) is 4.91. The molecule has 6 heteroatoms. The molecule has 1 aromatic rings. The van der Waals surface area contributed by atoms with Gasteiger partial charge >= 0.3 is 0 Å². The Bertz CT molecular complexity index is 415. The predicted molar refractivity (Wildman–Crippen MR) is 81.4 cm³/mol. The van der Waals surface area contributed by atoms with Gasteiger partial charge in [0.2, 0.25) is 5.91 Å². The van der Waals surface area contributed by atoms with E-state index in [4.69, 9.17) is 15.2 Å². The minimum Gasteiger partial charge on any atom is -0.496 e. The molecule has 0 aromatic heterocycles. The van der Waals surface area contributed by atoms with Gasteiger partial charge in [-0.2, -0.15) is 0 Å². The van der Waals surface area contributed by atoms with Gasteiger partial charge in [-0.05, 0) is 18.1 Å². The molecule has 0 heterocycles. The predicted octanol–water partition coefficient (Wildman–Crippen LogP) is 1.09. The first-order valence-corrected chi connectivity index (χ1v) is 6.21. The number of nitrogens with two attached hydrogens (primary N) is 1. The average molecular weight is 303 g/mol. The van der Waals surface area contributed by atoms with Crippen LogP contribution >= 0.6 is 12.4 Å². The number of halogens is 1. The van der Waals surface area contributed by atoms with Crippen LogP contribution in [0, 0.1) is 0 Å². The minimum atomic E-state index is -0.604. The summed E-state index contributed by atoms with van der Waals surface area (Å²) in [4.78, 5) is 13.5. The van der Waals surface area contributed by atoms with E-state index in [-0.39, 0.29) is 24.9 Å². The van der Waals surface area contributed by atoms with Gasteiger partial charge in [-0.15, -0.1) is 12.4 Å². The maximum absolute atomic E-state index is 11.9. The summed E-state index contributed by atoms with van der Waals surface area (Å²) in [6.07, 6.45) is 0.728. The van der Waals surface area contributed by atoms with Crippen LogP contribution < -0.4 is 10.5 Å². The smallest absolute Gasteiger partial charge is 0.241 e. The van der Waals surface area contributed by atoms with Gasteiger partial charge < -0.3 is 20.1 Å². The quantitative estimate of drug-likeness (QED) is 0.819. The van der Waals surface area contributed by atoms with Crippen molar-refractivity contribution in [2.24, 2.45) is 5.73 Å². The summed E-state index contributed by atoms with van der Waals surface area (Å²) in [5.41, 5.74) is 6.79. The fourth-order valence-corrected chi connectivity index (χ4v) is 1.84. The largest absolute Gasteiger partial charge is 0.496 e. The monoisotopic (exact) mass is 302 g/mol. The van der Waals surface area contributed by atoms with Crippen molar-refractivity contribution in [3.63, 3.8) is 0 Å². The molecule has 0 bridgehead atoms. The molecule has 0 fully saturated rings. The topological polar surface area (TPSA) is 64.8 Å². The van der Waals surface area contributed by atoms with Crippen LogP contribution in [0.25, 0.3) is 0 Å². The van der Waals surface area contributed by atoms with Gasteiger partial charge in [0.05, 0.1) is 13.7 Å². The third-order valence-electron chi connectivity index (χ3n) is 2.95. The molecule has 0 spiro atoms. The van der Waals surface area contributed by atoms with E-state index < -0.39 is 6.04 Å². The molecule has 114 valence electrons. The van der Waals surface area contributed by atoms with E-state index in [2.05, 4.69) is 0 Å². The second-order valence-electron chi connectivity index (χ2n) is 4.38. The van der Waals surface area contributed by atoms with Crippen LogP contribution in [0.2, 0.25) is 0 Å². The molecule has 0 saturated heterocycles. The lowest BCUT2D eigenvalue weighted by molar-refractivity contribution is -0.132. The Balaban J connectivity index is 0.00000361. The summed E-state index contributed by atoms with van der Waals surface area (Å²) in [6.45, 7) is 0.828. The van der Waals surface area contributed by atoms with E-state index in [1.54, 1.807) is 19.1 Å². The normalized spacial score (nSPS) is 11.4. The highest BCUT2D eigenvalue weighted by Crippen LogP contribution is 2.17. The zero-order valence-corrected chi connectivity index (χ0v) is 13.0. The van der Waals surface area contributed by atoms with Crippen molar-refractivity contribution in [2.75, 3.05) is 34.4 Å². The number of amides is 1. The fraction of sp³-hybridized carbons (Fsp3) is 0.500. The third kappa shape index (κ3) is 5.36. The van der Waals surface area contributed by atoms with Crippen molar-refractivity contribution in [3.8, 4) is 5.75 Å². The molecule has 0 saturated carbocycles. The standard InChI is InChI=1S/C14H22N2O3.ClH/c1-16(14(17)12(15)10-18-2)9-8-11-6-4-5-7-13(11)19-3;/h4-7,12H,8-10,15H2,1-3H3;1H. The molecule has 20 heavy (non-hydrogen) atoms. The van der Waals surface area contributed by atoms with Gasteiger partial charge in [0.1, 0.15) is 11.8 Å². The van der Waals surface area contributed by atoms with Crippen molar-refractivity contribution in [3.05, 3.63) is 29.8 Å². The molecule has 1 amide bonds. The summed E-state index contributed by atoms with van der Waals surface area (Å²) in [5.74, 6) is 0.723. The zero-order valence-electron chi connectivity index (χ0n) is 12.2. The van der Waals surface area contributed by atoms with Crippen LogP contribution in [-0.2, 0) is 16.0 Å². The second-order valence-corrected chi connectivity index (χ2v) is 4.38. The first-order chi connectivity index (χ1) is 9.10. The number of carbonyl (C=O) groups excluding carboxylic acids is 1. The van der Waals surface area contributed by atoms with Gasteiger partial charge in [0, 0.05) is 20.7 Å². The maximum Gasteiger partial charge on any atom is 0.241 e. The summed E-state index contributed by atoms with van der Waals surface area (Å²) in [5, 5.41) is 0. The van der Waals surface area contributed by atoms with Gasteiger partial charge in [0.15, 0.2) is 0 Å². The zero-order chi connectivity index (χ0) is 14.3. The molecule has 0 aliphatic rings. The number of hydrogen-bond acceptors (Lipinski definition) is 4. The van der Waals surface area contributed by atoms with E-state index in [9.17, 15) is 4.79 Å². The van der Waals surface area contributed by atoms with Crippen LogP contribution in [0.4, 0.5) is 0 Å². The van der Waals surface area contributed by atoms with E-state index in [0.717, 1.165) is 17.7 Å². The van der Waals surface area contributed by atoms with Gasteiger partial charge in [-0.25, -0.2) is 0 Å². The Morgan fingerprint density at radius 3 is 2.60 bits per heavy atom. The molecule has 1 rings (SSSR count). The van der Waals surface area contributed by atoms with Gasteiger partial charge in [-0.3, -0.25) is 4.79 Å². The van der Waals surface area contributed by atoms with Crippen LogP contribution in [-0.4, -0.2) is 51.3 Å². The highest BCUT2D eigenvalue weighted by Gasteiger charge is 2.17. The molecule has 1 atom stereocenters. The molecule has 0 radical (unpaired) electrons. The summed E-state index contributed by atoms with van der Waals surface area (Å²) < 4.78 is 10.2. The lowest BCUT2D eigenvalue weighted by Gasteiger charge is -2.21. The van der Waals surface area contributed by atoms with E-state index >= 15 is 0 Å². The number of carbonyl (C=O) groups is 1. The SMILES string of the molecule is COCC(N)C(=O)N(C)CCc1ccccc1OC.Cl. The third-order valence-corrected chi connectivity index (χ3v) is 2.95. The maximum atomic E-state index is 11.9. The number of methoxy groups -OCH3 is 2. The molecular formula is C14H23ClN2O3. The van der Waals surface area contributed by atoms with Crippen LogP contribution in [0.3, 0.4) is 0 Å². The fourth-order valence-electron chi connectivity index (χ4n) is 1.84. The van der Waals surface area contributed by atoms with Gasteiger partial charge in [-0.1, -0.05) is 18.2 Å². The Morgan fingerprint density at radius 2 is 2.00 bits per heavy atom. The second kappa shape index (κ2) is 9.58. The molecule has 0 aliphatic carbocycles. The number of ether oxygens (including phenoxy) is 2.